The summed E-state index contributed by atoms with van der Waals surface area (Å²) in [5, 5.41) is 3.48. The number of carbonyl (C=O) groups excluding carboxylic acids is 1. The lowest BCUT2D eigenvalue weighted by Gasteiger charge is -2.28. The Labute approximate surface area is 168 Å². The molecular weight excluding hydrogens is 344 g/mol. The van der Waals surface area contributed by atoms with E-state index in [2.05, 4.69) is 55.6 Å². The van der Waals surface area contributed by atoms with Crippen LogP contribution in [0, 0.1) is 0 Å². The summed E-state index contributed by atoms with van der Waals surface area (Å²) in [5.41, 5.74) is 3.45. The second kappa shape index (κ2) is 9.86. The summed E-state index contributed by atoms with van der Waals surface area (Å²) in [5.74, 6) is 0.107. The number of amides is 1. The van der Waals surface area contributed by atoms with Crippen LogP contribution in [0.1, 0.15) is 36.6 Å². The molecular formula is C25H28N2O. The summed E-state index contributed by atoms with van der Waals surface area (Å²) in [7, 11) is 0. The molecule has 0 saturated heterocycles. The van der Waals surface area contributed by atoms with E-state index in [0.29, 0.717) is 13.1 Å². The fraction of sp³-hybridized carbons (Fsp3) is 0.240. The van der Waals surface area contributed by atoms with E-state index in [4.69, 9.17) is 0 Å². The fourth-order valence-corrected chi connectivity index (χ4v) is 3.35. The second-order valence-corrected chi connectivity index (χ2v) is 7.24. The summed E-state index contributed by atoms with van der Waals surface area (Å²) in [6, 6.07) is 30.8. The summed E-state index contributed by atoms with van der Waals surface area (Å²) >= 11 is 0. The van der Waals surface area contributed by atoms with E-state index in [1.165, 1.54) is 0 Å². The molecule has 0 radical (unpaired) electrons. The van der Waals surface area contributed by atoms with Crippen LogP contribution in [-0.2, 0) is 11.3 Å². The van der Waals surface area contributed by atoms with Crippen molar-refractivity contribution in [2.75, 3.05) is 6.54 Å². The highest BCUT2D eigenvalue weighted by Gasteiger charge is 2.20. The van der Waals surface area contributed by atoms with Crippen molar-refractivity contribution >= 4 is 5.91 Å². The first-order valence-electron chi connectivity index (χ1n) is 9.82. The normalized spacial score (nSPS) is 11.0. The van der Waals surface area contributed by atoms with Crippen molar-refractivity contribution < 1.29 is 4.79 Å². The Morgan fingerprint density at radius 2 is 1.25 bits per heavy atom. The first-order valence-corrected chi connectivity index (χ1v) is 9.82. The lowest BCUT2D eigenvalue weighted by molar-refractivity contribution is -0.132. The van der Waals surface area contributed by atoms with Crippen LogP contribution >= 0.6 is 0 Å². The minimum absolute atomic E-state index is 0.0166. The third-order valence-electron chi connectivity index (χ3n) is 4.86. The van der Waals surface area contributed by atoms with Gasteiger partial charge in [-0.05, 0) is 30.5 Å². The van der Waals surface area contributed by atoms with E-state index in [-0.39, 0.29) is 18.0 Å². The number of rotatable bonds is 8. The molecule has 28 heavy (non-hydrogen) atoms. The lowest BCUT2D eigenvalue weighted by Crippen LogP contribution is -2.42. The van der Waals surface area contributed by atoms with Gasteiger partial charge in [0.1, 0.15) is 0 Å². The van der Waals surface area contributed by atoms with Gasteiger partial charge < -0.3 is 4.90 Å². The zero-order valence-corrected chi connectivity index (χ0v) is 16.6. The Morgan fingerprint density at radius 1 is 0.786 bits per heavy atom. The maximum absolute atomic E-state index is 13.0. The van der Waals surface area contributed by atoms with Crippen molar-refractivity contribution in [1.29, 1.82) is 0 Å². The molecule has 0 bridgehead atoms. The van der Waals surface area contributed by atoms with Crippen LogP contribution in [0.15, 0.2) is 91.0 Å². The molecule has 0 saturated carbocycles. The van der Waals surface area contributed by atoms with E-state index in [1.54, 1.807) is 0 Å². The number of benzene rings is 3. The van der Waals surface area contributed by atoms with Crippen LogP contribution in [0.4, 0.5) is 0 Å². The molecule has 0 aliphatic heterocycles. The van der Waals surface area contributed by atoms with Crippen molar-refractivity contribution in [2.24, 2.45) is 0 Å². The number of nitrogens with one attached hydrogen (secondary N) is 1. The van der Waals surface area contributed by atoms with E-state index < -0.39 is 0 Å². The average molecular weight is 373 g/mol. The molecule has 0 aliphatic carbocycles. The summed E-state index contributed by atoms with van der Waals surface area (Å²) in [6.45, 7) is 5.04. The molecule has 3 rings (SSSR count). The number of hydrogen-bond donors (Lipinski definition) is 1. The zero-order chi connectivity index (χ0) is 19.8. The van der Waals surface area contributed by atoms with Crippen LogP contribution in [0.5, 0.6) is 0 Å². The predicted octanol–water partition coefficient (Wildman–Crippen LogP) is 4.80. The highest BCUT2D eigenvalue weighted by Crippen LogP contribution is 2.21. The Balaban J connectivity index is 1.73. The van der Waals surface area contributed by atoms with Gasteiger partial charge in [-0.25, -0.2) is 0 Å². The topological polar surface area (TPSA) is 32.3 Å². The minimum atomic E-state index is -0.0166. The third-order valence-corrected chi connectivity index (χ3v) is 4.86. The van der Waals surface area contributed by atoms with Gasteiger partial charge in [0, 0.05) is 12.6 Å². The van der Waals surface area contributed by atoms with Crippen molar-refractivity contribution in [3.8, 4) is 0 Å². The molecule has 0 heterocycles. The molecule has 1 amide bonds. The Hall–Kier alpha value is -2.91. The van der Waals surface area contributed by atoms with Gasteiger partial charge >= 0.3 is 0 Å². The van der Waals surface area contributed by atoms with Crippen molar-refractivity contribution in [3.63, 3.8) is 0 Å². The van der Waals surface area contributed by atoms with Gasteiger partial charge in [-0.2, -0.15) is 0 Å². The highest BCUT2D eigenvalue weighted by atomic mass is 16.2. The molecule has 0 aromatic heterocycles. The molecule has 144 valence electrons. The van der Waals surface area contributed by atoms with Crippen LogP contribution in [0.3, 0.4) is 0 Å². The fourth-order valence-electron chi connectivity index (χ4n) is 3.35. The van der Waals surface area contributed by atoms with Crippen LogP contribution in [0.2, 0.25) is 0 Å². The molecule has 0 unspecified atom stereocenters. The van der Waals surface area contributed by atoms with Crippen LogP contribution < -0.4 is 5.32 Å². The van der Waals surface area contributed by atoms with Crippen molar-refractivity contribution in [1.82, 2.24) is 10.2 Å². The van der Waals surface area contributed by atoms with Gasteiger partial charge in [0.2, 0.25) is 5.91 Å². The predicted molar refractivity (Wildman–Crippen MR) is 115 cm³/mol. The first kappa shape index (κ1) is 19.8. The molecule has 3 nitrogen and oxygen atoms in total. The summed E-state index contributed by atoms with van der Waals surface area (Å²) in [4.78, 5) is 14.9. The molecule has 3 aromatic carbocycles. The molecule has 0 aliphatic rings. The van der Waals surface area contributed by atoms with E-state index in [0.717, 1.165) is 16.7 Å². The average Bonchev–Trinajstić information content (AvgIpc) is 2.74. The maximum atomic E-state index is 13.0. The minimum Gasteiger partial charge on any atom is -0.335 e. The SMILES string of the molecule is CC(C)N(Cc1ccccc1)C(=O)CNC(c1ccccc1)c1ccccc1. The maximum Gasteiger partial charge on any atom is 0.237 e. The van der Waals surface area contributed by atoms with Gasteiger partial charge in [0.25, 0.3) is 0 Å². The quantitative estimate of drug-likeness (QED) is 0.616. The third kappa shape index (κ3) is 5.30. The Morgan fingerprint density at radius 3 is 1.71 bits per heavy atom. The second-order valence-electron chi connectivity index (χ2n) is 7.24. The van der Waals surface area contributed by atoms with E-state index >= 15 is 0 Å². The number of nitrogens with zero attached hydrogens (tertiary/aromatic N) is 1. The van der Waals surface area contributed by atoms with Gasteiger partial charge in [0.05, 0.1) is 12.6 Å². The number of hydrogen-bond acceptors (Lipinski definition) is 2. The molecule has 0 fully saturated rings. The molecule has 0 spiro atoms. The zero-order valence-electron chi connectivity index (χ0n) is 16.6. The van der Waals surface area contributed by atoms with E-state index in [1.807, 2.05) is 59.5 Å². The highest BCUT2D eigenvalue weighted by molar-refractivity contribution is 5.78. The van der Waals surface area contributed by atoms with Crippen molar-refractivity contribution in [2.45, 2.75) is 32.5 Å². The monoisotopic (exact) mass is 372 g/mol. The Bertz CT molecular complexity index is 808. The molecule has 3 aromatic rings. The Kier molecular flexibility index (Phi) is 6.99. The summed E-state index contributed by atoms with van der Waals surface area (Å²) in [6.07, 6.45) is 0. The molecule has 3 heteroatoms. The van der Waals surface area contributed by atoms with Gasteiger partial charge in [-0.15, -0.1) is 0 Å². The van der Waals surface area contributed by atoms with E-state index in [9.17, 15) is 4.79 Å². The summed E-state index contributed by atoms with van der Waals surface area (Å²) < 4.78 is 0. The van der Waals surface area contributed by atoms with Gasteiger partial charge in [-0.3, -0.25) is 10.1 Å². The van der Waals surface area contributed by atoms with Crippen LogP contribution in [-0.4, -0.2) is 23.4 Å². The number of carbonyl (C=O) groups is 1. The lowest BCUT2D eigenvalue weighted by atomic mass is 9.99. The largest absolute Gasteiger partial charge is 0.335 e. The first-order chi connectivity index (χ1) is 13.6. The van der Waals surface area contributed by atoms with Gasteiger partial charge in [0.15, 0.2) is 0 Å². The standard InChI is InChI=1S/C25H28N2O/c1-20(2)27(19-21-12-6-3-7-13-21)24(28)18-26-25(22-14-8-4-9-15-22)23-16-10-5-11-17-23/h3-17,20,25-26H,18-19H2,1-2H3. The van der Waals surface area contributed by atoms with Crippen molar-refractivity contribution in [3.05, 3.63) is 108 Å². The van der Waals surface area contributed by atoms with Crippen LogP contribution in [0.25, 0.3) is 0 Å². The smallest absolute Gasteiger partial charge is 0.237 e. The molecule has 1 N–H and O–H groups in total. The molecule has 0 atom stereocenters. The van der Waals surface area contributed by atoms with Gasteiger partial charge in [-0.1, -0.05) is 91.0 Å².